The Balaban J connectivity index is 2.43. The number of phenols is 2. The highest BCUT2D eigenvalue weighted by atomic mass is 16.5. The summed E-state index contributed by atoms with van der Waals surface area (Å²) < 4.78 is 5.12. The van der Waals surface area contributed by atoms with E-state index in [4.69, 9.17) is 4.74 Å². The summed E-state index contributed by atoms with van der Waals surface area (Å²) in [6, 6.07) is 8.36. The van der Waals surface area contributed by atoms with Crippen molar-refractivity contribution in [3.8, 4) is 17.2 Å². The Hall–Kier alpha value is -2.72. The molecule has 4 nitrogen and oxygen atoms in total. The summed E-state index contributed by atoms with van der Waals surface area (Å²) in [5.74, 6) is 0.607. The lowest BCUT2D eigenvalue weighted by Gasteiger charge is -2.11. The molecule has 0 amide bonds. The van der Waals surface area contributed by atoms with Crippen molar-refractivity contribution in [2.45, 2.75) is 26.9 Å². The van der Waals surface area contributed by atoms with Gasteiger partial charge in [0.2, 0.25) is 0 Å². The lowest BCUT2D eigenvalue weighted by atomic mass is 9.96. The van der Waals surface area contributed by atoms with E-state index in [2.05, 4.69) is 6.08 Å². The summed E-state index contributed by atoms with van der Waals surface area (Å²) in [6.07, 6.45) is 6.53. The van der Waals surface area contributed by atoms with Crippen LogP contribution in [-0.2, 0) is 13.0 Å². The van der Waals surface area contributed by atoms with Gasteiger partial charge >= 0.3 is 0 Å². The van der Waals surface area contributed by atoms with Gasteiger partial charge in [0.1, 0.15) is 5.75 Å². The Morgan fingerprint density at radius 1 is 1.08 bits per heavy atom. The van der Waals surface area contributed by atoms with E-state index >= 15 is 0 Å². The van der Waals surface area contributed by atoms with Gasteiger partial charge < -0.3 is 20.1 Å². The highest BCUT2D eigenvalue weighted by Crippen LogP contribution is 2.29. The summed E-state index contributed by atoms with van der Waals surface area (Å²) in [5, 5.41) is 29.2. The van der Waals surface area contributed by atoms with Crippen molar-refractivity contribution in [1.82, 2.24) is 0 Å². The molecular weight excluding hydrogens is 316 g/mol. The Morgan fingerprint density at radius 2 is 1.84 bits per heavy atom. The van der Waals surface area contributed by atoms with Crippen LogP contribution >= 0.6 is 0 Å². The second-order valence-corrected chi connectivity index (χ2v) is 6.08. The Bertz CT molecular complexity index is 800. The van der Waals surface area contributed by atoms with Gasteiger partial charge in [0.15, 0.2) is 11.5 Å². The number of allylic oxidation sites excluding steroid dienone is 2. The molecule has 2 aromatic rings. The maximum absolute atomic E-state index is 9.93. The first-order valence-electron chi connectivity index (χ1n) is 8.08. The molecule has 0 unspecified atom stereocenters. The molecule has 3 N–H and O–H groups in total. The Labute approximate surface area is 148 Å². The van der Waals surface area contributed by atoms with Gasteiger partial charge in [0.25, 0.3) is 0 Å². The molecule has 0 saturated heterocycles. The Kier molecular flexibility index (Phi) is 6.25. The summed E-state index contributed by atoms with van der Waals surface area (Å²) in [7, 11) is 1.50. The zero-order chi connectivity index (χ0) is 18.4. The predicted molar refractivity (Wildman–Crippen MR) is 101 cm³/mol. The van der Waals surface area contributed by atoms with Crippen molar-refractivity contribution in [1.29, 1.82) is 0 Å². The normalized spacial score (nSPS) is 10.9. The van der Waals surface area contributed by atoms with Gasteiger partial charge in [-0.05, 0) is 66.8 Å². The van der Waals surface area contributed by atoms with Crippen molar-refractivity contribution in [2.24, 2.45) is 0 Å². The molecule has 0 bridgehead atoms. The maximum atomic E-state index is 9.93. The smallest absolute Gasteiger partial charge is 0.161 e. The second-order valence-electron chi connectivity index (χ2n) is 6.08. The first-order valence-corrected chi connectivity index (χ1v) is 8.08. The molecule has 2 aromatic carbocycles. The zero-order valence-electron chi connectivity index (χ0n) is 14.8. The van der Waals surface area contributed by atoms with Crippen LogP contribution in [0.5, 0.6) is 17.2 Å². The van der Waals surface area contributed by atoms with E-state index in [1.165, 1.54) is 12.7 Å². The summed E-state index contributed by atoms with van der Waals surface area (Å²) in [5.41, 5.74) is 4.57. The average molecular weight is 340 g/mol. The monoisotopic (exact) mass is 340 g/mol. The highest BCUT2D eigenvalue weighted by Gasteiger charge is 2.08. The molecular formula is C21H24O4. The largest absolute Gasteiger partial charge is 0.508 e. The van der Waals surface area contributed by atoms with Crippen LogP contribution in [0.15, 0.2) is 42.0 Å². The fraction of sp³-hybridized carbons (Fsp3) is 0.238. The van der Waals surface area contributed by atoms with Crippen LogP contribution in [0.3, 0.4) is 0 Å². The highest BCUT2D eigenvalue weighted by molar-refractivity contribution is 5.73. The predicted octanol–water partition coefficient (Wildman–Crippen LogP) is 4.28. The molecule has 0 spiro atoms. The van der Waals surface area contributed by atoms with Gasteiger partial charge in [-0.1, -0.05) is 29.9 Å². The van der Waals surface area contributed by atoms with Gasteiger partial charge in [-0.25, -0.2) is 0 Å². The van der Waals surface area contributed by atoms with Crippen LogP contribution in [0.25, 0.3) is 12.2 Å². The van der Waals surface area contributed by atoms with Crippen molar-refractivity contribution in [3.63, 3.8) is 0 Å². The van der Waals surface area contributed by atoms with E-state index in [1.807, 2.05) is 26.0 Å². The third-order valence-corrected chi connectivity index (χ3v) is 3.91. The van der Waals surface area contributed by atoms with Crippen LogP contribution in [-0.4, -0.2) is 22.4 Å². The number of hydrogen-bond acceptors (Lipinski definition) is 4. The minimum Gasteiger partial charge on any atom is -0.508 e. The number of aliphatic hydroxyl groups excluding tert-OH is 1. The third-order valence-electron chi connectivity index (χ3n) is 3.91. The zero-order valence-corrected chi connectivity index (χ0v) is 14.8. The van der Waals surface area contributed by atoms with Gasteiger partial charge in [-0.3, -0.25) is 0 Å². The topological polar surface area (TPSA) is 69.9 Å². The van der Waals surface area contributed by atoms with Crippen LogP contribution in [0.4, 0.5) is 0 Å². The van der Waals surface area contributed by atoms with E-state index in [0.717, 1.165) is 16.7 Å². The SMILES string of the molecule is COc1cc(/C=C/c2cc(O)cc(CO)c2CC=C(C)C)ccc1O. The quantitative estimate of drug-likeness (QED) is 0.542. The lowest BCUT2D eigenvalue weighted by molar-refractivity contribution is 0.280. The summed E-state index contributed by atoms with van der Waals surface area (Å²) in [6.45, 7) is 3.92. The molecule has 0 aliphatic heterocycles. The van der Waals surface area contributed by atoms with Crippen molar-refractivity contribution in [3.05, 3.63) is 64.2 Å². The summed E-state index contributed by atoms with van der Waals surface area (Å²) in [4.78, 5) is 0. The van der Waals surface area contributed by atoms with Crippen LogP contribution in [0, 0.1) is 0 Å². The molecule has 0 aromatic heterocycles. The molecule has 0 aliphatic carbocycles. The number of hydrogen-bond donors (Lipinski definition) is 3. The maximum Gasteiger partial charge on any atom is 0.161 e. The number of benzene rings is 2. The molecule has 0 radical (unpaired) electrons. The number of phenolic OH excluding ortho intramolecular Hbond substituents is 2. The number of aliphatic hydroxyl groups is 1. The molecule has 0 atom stereocenters. The van der Waals surface area contributed by atoms with Crippen molar-refractivity contribution < 1.29 is 20.1 Å². The van der Waals surface area contributed by atoms with E-state index < -0.39 is 0 Å². The van der Waals surface area contributed by atoms with Crippen LogP contribution < -0.4 is 4.74 Å². The van der Waals surface area contributed by atoms with Gasteiger partial charge in [0, 0.05) is 0 Å². The fourth-order valence-corrected chi connectivity index (χ4v) is 2.57. The second kappa shape index (κ2) is 8.40. The molecule has 0 saturated carbocycles. The molecule has 0 fully saturated rings. The van der Waals surface area contributed by atoms with Crippen molar-refractivity contribution >= 4 is 12.2 Å². The molecule has 0 heterocycles. The molecule has 2 rings (SSSR count). The number of rotatable bonds is 6. The van der Waals surface area contributed by atoms with Gasteiger partial charge in [0.05, 0.1) is 13.7 Å². The molecule has 0 aliphatic rings. The first-order chi connectivity index (χ1) is 11.9. The van der Waals surface area contributed by atoms with E-state index in [-0.39, 0.29) is 18.1 Å². The lowest BCUT2D eigenvalue weighted by Crippen LogP contribution is -1.97. The fourth-order valence-electron chi connectivity index (χ4n) is 2.57. The number of ether oxygens (including phenoxy) is 1. The first kappa shape index (κ1) is 18.6. The minimum absolute atomic E-state index is 0.0869. The molecule has 25 heavy (non-hydrogen) atoms. The van der Waals surface area contributed by atoms with E-state index in [1.54, 1.807) is 30.3 Å². The van der Waals surface area contributed by atoms with Gasteiger partial charge in [-0.15, -0.1) is 0 Å². The summed E-state index contributed by atoms with van der Waals surface area (Å²) >= 11 is 0. The van der Waals surface area contributed by atoms with Gasteiger partial charge in [-0.2, -0.15) is 0 Å². The Morgan fingerprint density at radius 3 is 2.48 bits per heavy atom. The standard InChI is InChI=1S/C21H24O4/c1-14(2)4-8-19-16(11-18(23)12-17(19)13-22)7-5-15-6-9-20(24)21(10-15)25-3/h4-7,9-12,22-24H,8,13H2,1-3H3/b7-5+. The van der Waals surface area contributed by atoms with E-state index in [0.29, 0.717) is 17.7 Å². The number of aromatic hydroxyl groups is 2. The molecule has 132 valence electrons. The average Bonchev–Trinajstić information content (AvgIpc) is 2.59. The van der Waals surface area contributed by atoms with Crippen LogP contribution in [0.1, 0.15) is 36.1 Å². The number of methoxy groups -OCH3 is 1. The minimum atomic E-state index is -0.131. The third kappa shape index (κ3) is 4.88. The van der Waals surface area contributed by atoms with Crippen LogP contribution in [0.2, 0.25) is 0 Å². The van der Waals surface area contributed by atoms with Crippen molar-refractivity contribution in [2.75, 3.05) is 7.11 Å². The van der Waals surface area contributed by atoms with E-state index in [9.17, 15) is 15.3 Å². The molecule has 4 heteroatoms.